The van der Waals surface area contributed by atoms with Crippen molar-refractivity contribution in [1.82, 2.24) is 4.98 Å². The number of carbonyl (C=O) groups is 1. The van der Waals surface area contributed by atoms with Crippen molar-refractivity contribution in [3.05, 3.63) is 89.9 Å². The minimum absolute atomic E-state index is 0.211. The van der Waals surface area contributed by atoms with E-state index in [1.165, 1.54) is 0 Å². The third-order valence-corrected chi connectivity index (χ3v) is 4.10. The van der Waals surface area contributed by atoms with Crippen LogP contribution in [0.25, 0.3) is 6.08 Å². The second kappa shape index (κ2) is 6.72. The normalized spacial score (nSPS) is 14.8. The maximum Gasteiger partial charge on any atom is 0.294 e. The van der Waals surface area contributed by atoms with Crippen molar-refractivity contribution in [2.45, 2.75) is 6.54 Å². The van der Waals surface area contributed by atoms with E-state index in [2.05, 4.69) is 4.98 Å². The maximum atomic E-state index is 13.1. The molecule has 0 saturated heterocycles. The highest BCUT2D eigenvalue weighted by molar-refractivity contribution is 6.09. The molecule has 0 fully saturated rings. The van der Waals surface area contributed by atoms with Crippen LogP contribution in [0.5, 0.6) is 5.75 Å². The van der Waals surface area contributed by atoms with Gasteiger partial charge in [-0.05, 0) is 29.8 Å². The molecule has 128 valence electrons. The third kappa shape index (κ3) is 3.15. The molecule has 0 saturated carbocycles. The molecule has 0 atom stereocenters. The number of fused-ring (bicyclic) bond motifs is 1. The maximum absolute atomic E-state index is 13.1. The number of benzene rings is 2. The van der Waals surface area contributed by atoms with Gasteiger partial charge in [-0.2, -0.15) is 0 Å². The number of hydrogen-bond acceptors (Lipinski definition) is 4. The molecular formula is C21H17N3O2. The quantitative estimate of drug-likeness (QED) is 0.582. The van der Waals surface area contributed by atoms with Crippen LogP contribution in [0, 0.1) is 0 Å². The lowest BCUT2D eigenvalue weighted by molar-refractivity contribution is -0.117. The summed E-state index contributed by atoms with van der Waals surface area (Å²) in [6, 6.07) is 20.6. The first-order chi connectivity index (χ1) is 12.7. The molecular weight excluding hydrogens is 326 g/mol. The summed E-state index contributed by atoms with van der Waals surface area (Å²) in [5, 5.41) is 0. The number of carbonyl (C=O) groups excluding carboxylic acids is 1. The first-order valence-electron chi connectivity index (χ1n) is 8.26. The highest BCUT2D eigenvalue weighted by Crippen LogP contribution is 2.38. The van der Waals surface area contributed by atoms with Crippen LogP contribution >= 0.6 is 0 Å². The Morgan fingerprint density at radius 1 is 1.04 bits per heavy atom. The molecule has 0 radical (unpaired) electrons. The van der Waals surface area contributed by atoms with Gasteiger partial charge in [-0.3, -0.25) is 14.7 Å². The third-order valence-electron chi connectivity index (χ3n) is 4.10. The average molecular weight is 343 g/mol. The minimum Gasteiger partial charge on any atom is -0.449 e. The number of nitrogens with two attached hydrogens (primary N) is 1. The zero-order valence-electron chi connectivity index (χ0n) is 14.0. The monoisotopic (exact) mass is 343 g/mol. The Morgan fingerprint density at radius 3 is 2.62 bits per heavy atom. The van der Waals surface area contributed by atoms with Crippen LogP contribution in [-0.2, 0) is 11.3 Å². The van der Waals surface area contributed by atoms with Crippen molar-refractivity contribution in [2.75, 3.05) is 10.6 Å². The number of hydrogen-bond donors (Lipinski definition) is 1. The molecule has 26 heavy (non-hydrogen) atoms. The number of nitrogens with zero attached hydrogens (tertiary/aromatic N) is 2. The molecule has 1 amide bonds. The minimum atomic E-state index is -0.211. The number of pyridine rings is 1. The molecule has 5 nitrogen and oxygen atoms in total. The lowest BCUT2D eigenvalue weighted by atomic mass is 10.1. The number of aromatic nitrogens is 1. The molecule has 2 heterocycles. The number of anilines is 2. The summed E-state index contributed by atoms with van der Waals surface area (Å²) >= 11 is 0. The van der Waals surface area contributed by atoms with Crippen molar-refractivity contribution in [1.29, 1.82) is 0 Å². The number of ether oxygens (including phenoxy) is 1. The van der Waals surface area contributed by atoms with Gasteiger partial charge in [0.05, 0.1) is 17.9 Å². The van der Waals surface area contributed by atoms with Gasteiger partial charge in [-0.15, -0.1) is 0 Å². The summed E-state index contributed by atoms with van der Waals surface area (Å²) in [6.45, 7) is 0.444. The Bertz CT molecular complexity index is 969. The molecule has 1 aromatic heterocycles. The highest BCUT2D eigenvalue weighted by atomic mass is 16.5. The molecule has 0 bridgehead atoms. The number of nitrogen functional groups attached to an aromatic ring is 1. The van der Waals surface area contributed by atoms with Gasteiger partial charge in [0.25, 0.3) is 5.91 Å². The summed E-state index contributed by atoms with van der Waals surface area (Å²) in [4.78, 5) is 19.0. The van der Waals surface area contributed by atoms with E-state index in [1.807, 2.05) is 54.6 Å². The van der Waals surface area contributed by atoms with Crippen LogP contribution < -0.4 is 15.4 Å². The topological polar surface area (TPSA) is 68.5 Å². The van der Waals surface area contributed by atoms with Crippen molar-refractivity contribution in [3.8, 4) is 5.75 Å². The molecule has 0 aliphatic carbocycles. The van der Waals surface area contributed by atoms with Gasteiger partial charge in [0, 0.05) is 24.0 Å². The molecule has 0 unspecified atom stereocenters. The Balaban J connectivity index is 1.76. The van der Waals surface area contributed by atoms with Crippen LogP contribution in [0.4, 0.5) is 11.4 Å². The van der Waals surface area contributed by atoms with Gasteiger partial charge in [-0.1, -0.05) is 36.4 Å². The molecule has 2 aromatic carbocycles. The summed E-state index contributed by atoms with van der Waals surface area (Å²) < 4.78 is 5.85. The van der Waals surface area contributed by atoms with Crippen molar-refractivity contribution in [2.24, 2.45) is 0 Å². The molecule has 3 aromatic rings. The molecule has 2 N–H and O–H groups in total. The van der Waals surface area contributed by atoms with Crippen LogP contribution in [0.1, 0.15) is 11.3 Å². The van der Waals surface area contributed by atoms with Crippen molar-refractivity contribution < 1.29 is 9.53 Å². The zero-order chi connectivity index (χ0) is 17.9. The van der Waals surface area contributed by atoms with Crippen molar-refractivity contribution >= 4 is 23.4 Å². The molecule has 4 rings (SSSR count). The van der Waals surface area contributed by atoms with Gasteiger partial charge in [0.15, 0.2) is 11.5 Å². The van der Waals surface area contributed by atoms with E-state index in [-0.39, 0.29) is 11.7 Å². The Hall–Kier alpha value is -3.60. The predicted octanol–water partition coefficient (Wildman–Crippen LogP) is 3.63. The SMILES string of the molecule is Nc1ccc2c(c1)O/C(=C/c1ccccn1)C(=O)N2Cc1ccccc1. The second-order valence-corrected chi connectivity index (χ2v) is 5.97. The predicted molar refractivity (Wildman–Crippen MR) is 101 cm³/mol. The Kier molecular flexibility index (Phi) is 4.11. The van der Waals surface area contributed by atoms with Gasteiger partial charge in [-0.25, -0.2) is 0 Å². The Labute approximate surface area is 151 Å². The van der Waals surface area contributed by atoms with Crippen LogP contribution in [-0.4, -0.2) is 10.9 Å². The first-order valence-corrected chi connectivity index (χ1v) is 8.26. The number of amides is 1. The second-order valence-electron chi connectivity index (χ2n) is 5.97. The summed E-state index contributed by atoms with van der Waals surface area (Å²) in [7, 11) is 0. The fourth-order valence-electron chi connectivity index (χ4n) is 2.85. The summed E-state index contributed by atoms with van der Waals surface area (Å²) in [6.07, 6.45) is 3.32. The average Bonchev–Trinajstić information content (AvgIpc) is 2.67. The smallest absolute Gasteiger partial charge is 0.294 e. The van der Waals surface area contributed by atoms with E-state index in [0.717, 1.165) is 5.56 Å². The molecule has 1 aliphatic rings. The molecule has 5 heteroatoms. The fourth-order valence-corrected chi connectivity index (χ4v) is 2.85. The highest BCUT2D eigenvalue weighted by Gasteiger charge is 2.30. The largest absolute Gasteiger partial charge is 0.449 e. The lowest BCUT2D eigenvalue weighted by Gasteiger charge is -2.30. The van der Waals surface area contributed by atoms with Crippen LogP contribution in [0.15, 0.2) is 78.7 Å². The van der Waals surface area contributed by atoms with E-state index >= 15 is 0 Å². The van der Waals surface area contributed by atoms with E-state index < -0.39 is 0 Å². The standard InChI is InChI=1S/C21H17N3O2/c22-16-9-10-18-19(12-16)26-20(13-17-8-4-5-11-23-17)21(25)24(18)14-15-6-2-1-3-7-15/h1-13H,14,22H2/b20-13+. The lowest BCUT2D eigenvalue weighted by Crippen LogP contribution is -2.36. The van der Waals surface area contributed by atoms with E-state index in [4.69, 9.17) is 10.5 Å². The fraction of sp³-hybridized carbons (Fsp3) is 0.0476. The van der Waals surface area contributed by atoms with E-state index in [1.54, 1.807) is 29.3 Å². The Morgan fingerprint density at radius 2 is 1.85 bits per heavy atom. The van der Waals surface area contributed by atoms with Gasteiger partial charge >= 0.3 is 0 Å². The van der Waals surface area contributed by atoms with Gasteiger partial charge in [0.1, 0.15) is 0 Å². The van der Waals surface area contributed by atoms with Gasteiger partial charge in [0.2, 0.25) is 0 Å². The zero-order valence-corrected chi connectivity index (χ0v) is 14.0. The summed E-state index contributed by atoms with van der Waals surface area (Å²) in [5.41, 5.74) is 8.86. The molecule has 1 aliphatic heterocycles. The summed E-state index contributed by atoms with van der Waals surface area (Å²) in [5.74, 6) is 0.567. The first kappa shape index (κ1) is 15.9. The molecule has 0 spiro atoms. The number of rotatable bonds is 3. The van der Waals surface area contributed by atoms with Crippen LogP contribution in [0.2, 0.25) is 0 Å². The van der Waals surface area contributed by atoms with Crippen LogP contribution in [0.3, 0.4) is 0 Å². The van der Waals surface area contributed by atoms with Gasteiger partial charge < -0.3 is 10.5 Å². The van der Waals surface area contributed by atoms with Crippen molar-refractivity contribution in [3.63, 3.8) is 0 Å². The van der Waals surface area contributed by atoms with E-state index in [9.17, 15) is 4.79 Å². The van der Waals surface area contributed by atoms with E-state index in [0.29, 0.717) is 29.4 Å².